The smallest absolute Gasteiger partial charge is 0.0679 e. The molecule has 9 heavy (non-hydrogen) atoms. The number of rotatable bonds is 1. The van der Waals surface area contributed by atoms with Gasteiger partial charge in [0.2, 0.25) is 0 Å². The van der Waals surface area contributed by atoms with Crippen LogP contribution in [0.4, 0.5) is 0 Å². The monoisotopic (exact) mass is 127 g/mol. The first-order chi connectivity index (χ1) is 4.36. The maximum absolute atomic E-state index is 9.11. The average molecular weight is 127 g/mol. The Kier molecular flexibility index (Phi) is 1.24. The minimum Gasteiger partial charge on any atom is -0.392 e. The van der Waals surface area contributed by atoms with E-state index in [2.05, 4.69) is 5.32 Å². The molecule has 1 aliphatic carbocycles. The van der Waals surface area contributed by atoms with Gasteiger partial charge in [0.25, 0.3) is 0 Å². The van der Waals surface area contributed by atoms with E-state index in [1.54, 1.807) is 0 Å². The number of hydrogen-bond acceptors (Lipinski definition) is 2. The molecule has 0 spiro atoms. The van der Waals surface area contributed by atoms with Crippen molar-refractivity contribution in [1.29, 1.82) is 0 Å². The van der Waals surface area contributed by atoms with E-state index in [1.165, 1.54) is 12.8 Å². The molecule has 2 atom stereocenters. The largest absolute Gasteiger partial charge is 0.392 e. The standard InChI is InChI=1S/C7H13NO/c9-6-3-7(8-4-6)5-1-2-5/h5-9H,1-4H2/t6-,7-/m1/s1. The van der Waals surface area contributed by atoms with E-state index in [4.69, 9.17) is 5.11 Å². The Labute approximate surface area is 55.3 Å². The minimum atomic E-state index is -0.0596. The predicted octanol–water partition coefficient (Wildman–Crippen LogP) is 0.119. The summed E-state index contributed by atoms with van der Waals surface area (Å²) in [6, 6.07) is 0.653. The Morgan fingerprint density at radius 3 is 2.56 bits per heavy atom. The molecule has 0 bridgehead atoms. The molecule has 2 rings (SSSR count). The number of nitrogens with one attached hydrogen (secondary N) is 1. The number of aliphatic hydroxyl groups is 1. The van der Waals surface area contributed by atoms with Crippen LogP contribution >= 0.6 is 0 Å². The van der Waals surface area contributed by atoms with Crippen LogP contribution in [0, 0.1) is 5.92 Å². The maximum Gasteiger partial charge on any atom is 0.0679 e. The first-order valence-corrected chi connectivity index (χ1v) is 3.78. The fraction of sp³-hybridized carbons (Fsp3) is 1.00. The molecule has 2 fully saturated rings. The lowest BCUT2D eigenvalue weighted by Gasteiger charge is -2.05. The first-order valence-electron chi connectivity index (χ1n) is 3.78. The van der Waals surface area contributed by atoms with Crippen molar-refractivity contribution in [1.82, 2.24) is 5.32 Å². The zero-order valence-corrected chi connectivity index (χ0v) is 5.51. The highest BCUT2D eigenvalue weighted by molar-refractivity contribution is 4.92. The third-order valence-electron chi connectivity index (χ3n) is 2.33. The maximum atomic E-state index is 9.11. The Hall–Kier alpha value is -0.0800. The van der Waals surface area contributed by atoms with Crippen LogP contribution in [-0.4, -0.2) is 23.8 Å². The van der Waals surface area contributed by atoms with E-state index in [9.17, 15) is 0 Å². The van der Waals surface area contributed by atoms with Crippen LogP contribution in [0.3, 0.4) is 0 Å². The highest BCUT2D eigenvalue weighted by Crippen LogP contribution is 2.35. The molecular weight excluding hydrogens is 114 g/mol. The molecule has 52 valence electrons. The van der Waals surface area contributed by atoms with Crippen molar-refractivity contribution in [2.45, 2.75) is 31.4 Å². The molecule has 0 aromatic heterocycles. The molecule has 2 N–H and O–H groups in total. The van der Waals surface area contributed by atoms with E-state index in [0.717, 1.165) is 18.9 Å². The second-order valence-corrected chi connectivity index (χ2v) is 3.24. The Morgan fingerprint density at radius 1 is 1.33 bits per heavy atom. The molecular formula is C7H13NO. The van der Waals surface area contributed by atoms with E-state index in [1.807, 2.05) is 0 Å². The summed E-state index contributed by atoms with van der Waals surface area (Å²) in [4.78, 5) is 0. The van der Waals surface area contributed by atoms with Crippen LogP contribution in [0.25, 0.3) is 0 Å². The van der Waals surface area contributed by atoms with Gasteiger partial charge in [0.15, 0.2) is 0 Å². The van der Waals surface area contributed by atoms with Crippen LogP contribution in [0.15, 0.2) is 0 Å². The van der Waals surface area contributed by atoms with Crippen LogP contribution in [0.2, 0.25) is 0 Å². The molecule has 2 heteroatoms. The van der Waals surface area contributed by atoms with Gasteiger partial charge in [-0.05, 0) is 25.2 Å². The summed E-state index contributed by atoms with van der Waals surface area (Å²) in [6.07, 6.45) is 3.69. The van der Waals surface area contributed by atoms with E-state index in [0.29, 0.717) is 6.04 Å². The second kappa shape index (κ2) is 1.96. The fourth-order valence-electron chi connectivity index (χ4n) is 1.60. The van der Waals surface area contributed by atoms with Crippen molar-refractivity contribution >= 4 is 0 Å². The summed E-state index contributed by atoms with van der Waals surface area (Å²) in [5.74, 6) is 0.905. The van der Waals surface area contributed by atoms with Crippen molar-refractivity contribution in [2.75, 3.05) is 6.54 Å². The van der Waals surface area contributed by atoms with Gasteiger partial charge in [-0.25, -0.2) is 0 Å². The Bertz CT molecular complexity index is 111. The summed E-state index contributed by atoms with van der Waals surface area (Å²) in [5, 5.41) is 12.4. The van der Waals surface area contributed by atoms with Crippen LogP contribution in [0.5, 0.6) is 0 Å². The van der Waals surface area contributed by atoms with E-state index >= 15 is 0 Å². The summed E-state index contributed by atoms with van der Waals surface area (Å²) in [7, 11) is 0. The summed E-state index contributed by atoms with van der Waals surface area (Å²) in [6.45, 7) is 0.821. The zero-order valence-electron chi connectivity index (χ0n) is 5.51. The molecule has 2 nitrogen and oxygen atoms in total. The summed E-state index contributed by atoms with van der Waals surface area (Å²) < 4.78 is 0. The van der Waals surface area contributed by atoms with Gasteiger partial charge < -0.3 is 10.4 Å². The van der Waals surface area contributed by atoms with Crippen molar-refractivity contribution in [2.24, 2.45) is 5.92 Å². The lowest BCUT2D eigenvalue weighted by molar-refractivity contribution is 0.192. The minimum absolute atomic E-state index is 0.0596. The Morgan fingerprint density at radius 2 is 2.11 bits per heavy atom. The molecule has 0 radical (unpaired) electrons. The second-order valence-electron chi connectivity index (χ2n) is 3.24. The van der Waals surface area contributed by atoms with Gasteiger partial charge in [-0.15, -0.1) is 0 Å². The number of aliphatic hydroxyl groups excluding tert-OH is 1. The van der Waals surface area contributed by atoms with Gasteiger partial charge in [0.05, 0.1) is 6.10 Å². The van der Waals surface area contributed by atoms with Gasteiger partial charge in [0.1, 0.15) is 0 Å². The lowest BCUT2D eigenvalue weighted by Crippen LogP contribution is -2.23. The van der Waals surface area contributed by atoms with Gasteiger partial charge in [-0.3, -0.25) is 0 Å². The van der Waals surface area contributed by atoms with Gasteiger partial charge in [0, 0.05) is 12.6 Å². The quantitative estimate of drug-likeness (QED) is 0.524. The summed E-state index contributed by atoms with van der Waals surface area (Å²) in [5.41, 5.74) is 0. The van der Waals surface area contributed by atoms with Crippen molar-refractivity contribution in [3.63, 3.8) is 0 Å². The normalized spacial score (nSPS) is 43.7. The highest BCUT2D eigenvalue weighted by atomic mass is 16.3. The van der Waals surface area contributed by atoms with Crippen molar-refractivity contribution < 1.29 is 5.11 Å². The molecule has 0 amide bonds. The molecule has 1 heterocycles. The van der Waals surface area contributed by atoms with Gasteiger partial charge in [-0.1, -0.05) is 0 Å². The van der Waals surface area contributed by atoms with Crippen molar-refractivity contribution in [3.05, 3.63) is 0 Å². The topological polar surface area (TPSA) is 32.3 Å². The van der Waals surface area contributed by atoms with Gasteiger partial charge >= 0.3 is 0 Å². The highest BCUT2D eigenvalue weighted by Gasteiger charge is 2.35. The summed E-state index contributed by atoms with van der Waals surface area (Å²) >= 11 is 0. The van der Waals surface area contributed by atoms with E-state index < -0.39 is 0 Å². The molecule has 2 aliphatic rings. The molecule has 1 saturated heterocycles. The molecule has 1 saturated carbocycles. The third-order valence-corrected chi connectivity index (χ3v) is 2.33. The Balaban J connectivity index is 1.86. The molecule has 0 aromatic carbocycles. The molecule has 0 aromatic rings. The fourth-order valence-corrected chi connectivity index (χ4v) is 1.60. The lowest BCUT2D eigenvalue weighted by atomic mass is 10.1. The van der Waals surface area contributed by atoms with Gasteiger partial charge in [-0.2, -0.15) is 0 Å². The SMILES string of the molecule is O[C@H]1CN[C@@H](C2CC2)C1. The van der Waals surface area contributed by atoms with Crippen LogP contribution in [-0.2, 0) is 0 Å². The predicted molar refractivity (Wildman–Crippen MR) is 35.1 cm³/mol. The van der Waals surface area contributed by atoms with Crippen LogP contribution in [0.1, 0.15) is 19.3 Å². The van der Waals surface area contributed by atoms with Crippen LogP contribution < -0.4 is 5.32 Å². The third kappa shape index (κ3) is 1.10. The van der Waals surface area contributed by atoms with Crippen molar-refractivity contribution in [3.8, 4) is 0 Å². The average Bonchev–Trinajstić information content (AvgIpc) is 2.58. The first kappa shape index (κ1) is 5.69. The molecule has 0 unspecified atom stereocenters. The van der Waals surface area contributed by atoms with E-state index in [-0.39, 0.29) is 6.10 Å². The number of hydrogen-bond donors (Lipinski definition) is 2. The molecule has 1 aliphatic heterocycles. The zero-order chi connectivity index (χ0) is 6.27. The number of β-amino-alcohol motifs (C(OH)–C–C–N with tert-alkyl or cyclic N) is 1.